The maximum absolute atomic E-state index is 5.87. The highest BCUT2D eigenvalue weighted by Gasteiger charge is 2.31. The Bertz CT molecular complexity index is 972. The molecule has 5 nitrogen and oxygen atoms in total. The minimum absolute atomic E-state index is 0.198. The van der Waals surface area contributed by atoms with E-state index in [4.69, 9.17) is 14.2 Å². The van der Waals surface area contributed by atoms with Crippen LogP contribution < -0.4 is 14.2 Å². The molecule has 1 atom stereocenters. The molecule has 1 saturated heterocycles. The minimum Gasteiger partial charge on any atom is -0.496 e. The zero-order valence-corrected chi connectivity index (χ0v) is 18.3. The van der Waals surface area contributed by atoms with Gasteiger partial charge in [-0.3, -0.25) is 4.90 Å². The summed E-state index contributed by atoms with van der Waals surface area (Å²) in [5.74, 6) is 4.21. The summed E-state index contributed by atoms with van der Waals surface area (Å²) in [6.45, 7) is 3.82. The molecule has 0 amide bonds. The summed E-state index contributed by atoms with van der Waals surface area (Å²) in [5.41, 5.74) is 3.28. The van der Waals surface area contributed by atoms with Crippen molar-refractivity contribution in [1.29, 1.82) is 0 Å². The van der Waals surface area contributed by atoms with Crippen LogP contribution in [0.4, 0.5) is 0 Å². The maximum Gasteiger partial charge on any atom is 0.219 e. The summed E-state index contributed by atoms with van der Waals surface area (Å²) in [6.07, 6.45) is 0. The van der Waals surface area contributed by atoms with Crippen molar-refractivity contribution in [3.8, 4) is 23.1 Å². The van der Waals surface area contributed by atoms with E-state index in [0.717, 1.165) is 47.3 Å². The molecule has 0 saturated carbocycles. The Hall–Kier alpha value is -2.70. The van der Waals surface area contributed by atoms with Gasteiger partial charge in [0.2, 0.25) is 5.88 Å². The minimum atomic E-state index is 0.198. The lowest BCUT2D eigenvalue weighted by molar-refractivity contribution is 0.269. The smallest absolute Gasteiger partial charge is 0.219 e. The number of rotatable bonds is 7. The molecule has 1 aliphatic rings. The van der Waals surface area contributed by atoms with Crippen LogP contribution in [0.1, 0.15) is 22.2 Å². The van der Waals surface area contributed by atoms with Crippen LogP contribution >= 0.6 is 11.8 Å². The lowest BCUT2D eigenvalue weighted by Gasteiger charge is -2.26. The van der Waals surface area contributed by atoms with E-state index in [-0.39, 0.29) is 5.37 Å². The van der Waals surface area contributed by atoms with Crippen LogP contribution in [0.5, 0.6) is 23.1 Å². The molecule has 1 unspecified atom stereocenters. The van der Waals surface area contributed by atoms with Crippen molar-refractivity contribution in [3.63, 3.8) is 0 Å². The van der Waals surface area contributed by atoms with E-state index in [1.807, 2.05) is 67.2 Å². The molecule has 3 aromatic rings. The number of thioether (sulfide) groups is 1. The van der Waals surface area contributed by atoms with Gasteiger partial charge in [-0.05, 0) is 42.8 Å². The number of aromatic nitrogens is 1. The van der Waals surface area contributed by atoms with E-state index in [1.165, 1.54) is 5.56 Å². The van der Waals surface area contributed by atoms with Crippen molar-refractivity contribution in [2.45, 2.75) is 18.8 Å². The van der Waals surface area contributed by atoms with Gasteiger partial charge in [-0.15, -0.1) is 11.8 Å². The molecular weight excluding hydrogens is 396 g/mol. The number of ether oxygens (including phenoxy) is 3. The van der Waals surface area contributed by atoms with Crippen molar-refractivity contribution in [2.24, 2.45) is 0 Å². The largest absolute Gasteiger partial charge is 0.496 e. The first-order valence-corrected chi connectivity index (χ1v) is 11.0. The Morgan fingerprint density at radius 2 is 1.67 bits per heavy atom. The number of nitrogens with zero attached hydrogens (tertiary/aromatic N) is 2. The lowest BCUT2D eigenvalue weighted by Crippen LogP contribution is -2.23. The molecule has 1 aromatic heterocycles. The number of hydrogen-bond acceptors (Lipinski definition) is 6. The first-order valence-electron chi connectivity index (χ1n) is 9.95. The number of pyridine rings is 1. The molecule has 0 N–H and O–H groups in total. The second-order valence-corrected chi connectivity index (χ2v) is 8.32. The number of benzene rings is 2. The van der Waals surface area contributed by atoms with Gasteiger partial charge in [0, 0.05) is 30.6 Å². The quantitative estimate of drug-likeness (QED) is 0.505. The number of methoxy groups -OCH3 is 2. The Labute approximate surface area is 182 Å². The maximum atomic E-state index is 5.87. The van der Waals surface area contributed by atoms with Gasteiger partial charge in [-0.25, -0.2) is 4.98 Å². The number of aryl methyl sites for hydroxylation is 1. The second kappa shape index (κ2) is 9.41. The molecule has 4 rings (SSSR count). The molecule has 1 aliphatic heterocycles. The van der Waals surface area contributed by atoms with E-state index < -0.39 is 0 Å². The Morgan fingerprint density at radius 1 is 0.967 bits per heavy atom. The van der Waals surface area contributed by atoms with Crippen molar-refractivity contribution >= 4 is 11.8 Å². The highest BCUT2D eigenvalue weighted by atomic mass is 32.2. The highest BCUT2D eigenvalue weighted by Crippen LogP contribution is 2.46. The van der Waals surface area contributed by atoms with Gasteiger partial charge in [0.15, 0.2) is 0 Å². The Balaban J connectivity index is 1.49. The molecule has 0 radical (unpaired) electrons. The molecule has 0 spiro atoms. The Morgan fingerprint density at radius 3 is 2.33 bits per heavy atom. The predicted molar refractivity (Wildman–Crippen MR) is 121 cm³/mol. The molecule has 0 bridgehead atoms. The van der Waals surface area contributed by atoms with Gasteiger partial charge in [-0.2, -0.15) is 0 Å². The summed E-state index contributed by atoms with van der Waals surface area (Å²) < 4.78 is 17.1. The fraction of sp³-hybridized carbons (Fsp3) is 0.292. The fourth-order valence-corrected chi connectivity index (χ4v) is 5.00. The summed E-state index contributed by atoms with van der Waals surface area (Å²) in [5, 5.41) is 0.198. The monoisotopic (exact) mass is 422 g/mol. The summed E-state index contributed by atoms with van der Waals surface area (Å²) in [4.78, 5) is 6.85. The van der Waals surface area contributed by atoms with Crippen molar-refractivity contribution in [1.82, 2.24) is 9.88 Å². The van der Waals surface area contributed by atoms with E-state index >= 15 is 0 Å². The molecule has 6 heteroatoms. The molecule has 30 heavy (non-hydrogen) atoms. The lowest BCUT2D eigenvalue weighted by atomic mass is 10.1. The second-order valence-electron chi connectivity index (χ2n) is 7.13. The fourth-order valence-electron chi connectivity index (χ4n) is 3.65. The van der Waals surface area contributed by atoms with Crippen LogP contribution in [0, 0.1) is 6.92 Å². The first-order chi connectivity index (χ1) is 14.7. The molecule has 0 aliphatic carbocycles. The third kappa shape index (κ3) is 4.55. The molecular formula is C24H26N2O3S. The van der Waals surface area contributed by atoms with E-state index in [9.17, 15) is 0 Å². The average molecular weight is 423 g/mol. The predicted octanol–water partition coefficient (Wildman–Crippen LogP) is 5.45. The summed E-state index contributed by atoms with van der Waals surface area (Å²) >= 11 is 1.92. The van der Waals surface area contributed by atoms with E-state index in [1.54, 1.807) is 14.2 Å². The molecule has 2 aromatic carbocycles. The van der Waals surface area contributed by atoms with Crippen LogP contribution in [0.3, 0.4) is 0 Å². The highest BCUT2D eigenvalue weighted by molar-refractivity contribution is 7.99. The standard InChI is InChI=1S/C24H26N2O3S/c1-17-6-4-9-22(25-17)29-19-12-10-18(11-13-19)16-26-14-15-30-24(26)23-20(27-2)7-5-8-21(23)28-3/h4-13,24H,14-16H2,1-3H3. The van der Waals surface area contributed by atoms with Gasteiger partial charge < -0.3 is 14.2 Å². The molecule has 1 fully saturated rings. The normalized spacial score (nSPS) is 16.4. The van der Waals surface area contributed by atoms with Gasteiger partial charge in [0.1, 0.15) is 17.2 Å². The van der Waals surface area contributed by atoms with Crippen LogP contribution in [0.15, 0.2) is 60.7 Å². The third-order valence-electron chi connectivity index (χ3n) is 5.09. The molecule has 2 heterocycles. The topological polar surface area (TPSA) is 43.8 Å². The van der Waals surface area contributed by atoms with Gasteiger partial charge in [0.05, 0.1) is 25.2 Å². The first kappa shape index (κ1) is 20.6. The van der Waals surface area contributed by atoms with Crippen molar-refractivity contribution in [2.75, 3.05) is 26.5 Å². The van der Waals surface area contributed by atoms with E-state index in [2.05, 4.69) is 22.0 Å². The van der Waals surface area contributed by atoms with Crippen molar-refractivity contribution < 1.29 is 14.2 Å². The van der Waals surface area contributed by atoms with Crippen molar-refractivity contribution in [3.05, 3.63) is 77.5 Å². The third-order valence-corrected chi connectivity index (χ3v) is 6.36. The van der Waals surface area contributed by atoms with Crippen LogP contribution in [-0.4, -0.2) is 36.4 Å². The zero-order valence-electron chi connectivity index (χ0n) is 17.5. The van der Waals surface area contributed by atoms with Gasteiger partial charge in [-0.1, -0.05) is 24.3 Å². The van der Waals surface area contributed by atoms with Gasteiger partial charge >= 0.3 is 0 Å². The summed E-state index contributed by atoms with van der Waals surface area (Å²) in [6, 6.07) is 20.0. The average Bonchev–Trinajstić information content (AvgIpc) is 3.22. The van der Waals surface area contributed by atoms with Crippen LogP contribution in [0.25, 0.3) is 0 Å². The van der Waals surface area contributed by atoms with E-state index in [0.29, 0.717) is 5.88 Å². The van der Waals surface area contributed by atoms with Gasteiger partial charge in [0.25, 0.3) is 0 Å². The van der Waals surface area contributed by atoms with Crippen LogP contribution in [-0.2, 0) is 6.54 Å². The summed E-state index contributed by atoms with van der Waals surface area (Å²) in [7, 11) is 3.42. The Kier molecular flexibility index (Phi) is 6.45. The number of hydrogen-bond donors (Lipinski definition) is 0. The molecule has 156 valence electrons. The zero-order chi connectivity index (χ0) is 20.9. The SMILES string of the molecule is COc1cccc(OC)c1C1SCCN1Cc1ccc(Oc2cccc(C)n2)cc1. The van der Waals surface area contributed by atoms with Crippen LogP contribution in [0.2, 0.25) is 0 Å².